The lowest BCUT2D eigenvalue weighted by molar-refractivity contribution is 0.102. The number of amides is 1. The highest BCUT2D eigenvalue weighted by Crippen LogP contribution is 2.31. The van der Waals surface area contributed by atoms with Gasteiger partial charge in [0.25, 0.3) is 5.91 Å². The van der Waals surface area contributed by atoms with Crippen LogP contribution >= 0.6 is 11.6 Å². The molecule has 4 rings (SSSR count). The van der Waals surface area contributed by atoms with Gasteiger partial charge < -0.3 is 15.1 Å². The second kappa shape index (κ2) is 11.2. The van der Waals surface area contributed by atoms with Crippen molar-refractivity contribution in [1.82, 2.24) is 9.88 Å². The quantitative estimate of drug-likeness (QED) is 0.601. The summed E-state index contributed by atoms with van der Waals surface area (Å²) in [6.07, 6.45) is 10.8. The molecule has 1 amide bonds. The van der Waals surface area contributed by atoms with Crippen LogP contribution in [0.4, 0.5) is 11.5 Å². The van der Waals surface area contributed by atoms with Crippen LogP contribution in [0, 0.1) is 12.8 Å². The Kier molecular flexibility index (Phi) is 8.04. The third kappa shape index (κ3) is 6.23. The van der Waals surface area contributed by atoms with Gasteiger partial charge >= 0.3 is 0 Å². The molecule has 1 N–H and O–H groups in total. The van der Waals surface area contributed by atoms with Gasteiger partial charge in [-0.25, -0.2) is 4.98 Å². The van der Waals surface area contributed by atoms with Gasteiger partial charge in [-0.3, -0.25) is 4.79 Å². The van der Waals surface area contributed by atoms with Crippen molar-refractivity contribution in [2.75, 3.05) is 42.9 Å². The predicted octanol–water partition coefficient (Wildman–Crippen LogP) is 5.78. The first-order valence-electron chi connectivity index (χ1n) is 12.1. The van der Waals surface area contributed by atoms with Crippen molar-refractivity contribution in [1.29, 1.82) is 0 Å². The molecule has 0 spiro atoms. The van der Waals surface area contributed by atoms with E-state index in [1.54, 1.807) is 6.20 Å². The van der Waals surface area contributed by atoms with E-state index in [4.69, 9.17) is 11.6 Å². The maximum absolute atomic E-state index is 12.8. The Hall–Kier alpha value is -2.11. The first-order valence-corrected chi connectivity index (χ1v) is 12.5. The smallest absolute Gasteiger partial charge is 0.255 e. The van der Waals surface area contributed by atoms with Crippen molar-refractivity contribution in [2.24, 2.45) is 5.92 Å². The molecule has 1 aromatic heterocycles. The summed E-state index contributed by atoms with van der Waals surface area (Å²) < 4.78 is 0. The molecule has 0 saturated carbocycles. The molecular weight excluding hydrogens is 420 g/mol. The molecule has 3 heterocycles. The number of likely N-dealkylation sites (tertiary alicyclic amines) is 1. The Morgan fingerprint density at radius 2 is 1.84 bits per heavy atom. The summed E-state index contributed by atoms with van der Waals surface area (Å²) in [6, 6.07) is 9.42. The summed E-state index contributed by atoms with van der Waals surface area (Å²) >= 11 is 6.22. The highest BCUT2D eigenvalue weighted by molar-refractivity contribution is 6.31. The van der Waals surface area contributed by atoms with Gasteiger partial charge in [0.1, 0.15) is 0 Å². The molecule has 2 saturated heterocycles. The minimum absolute atomic E-state index is 0.133. The molecule has 1 aromatic carbocycles. The first-order chi connectivity index (χ1) is 15.6. The lowest BCUT2D eigenvalue weighted by Crippen LogP contribution is -2.36. The summed E-state index contributed by atoms with van der Waals surface area (Å²) in [6.45, 7) is 7.70. The second-order valence-electron chi connectivity index (χ2n) is 9.32. The average molecular weight is 455 g/mol. The summed E-state index contributed by atoms with van der Waals surface area (Å²) in [7, 11) is 0. The van der Waals surface area contributed by atoms with Crippen molar-refractivity contribution >= 4 is 29.0 Å². The fraction of sp³-hybridized carbons (Fsp3) is 0.538. The average Bonchev–Trinajstić information content (AvgIpc) is 3.07. The standard InChI is InChI=1S/C26H35ClN4O/c1-20-7-6-8-22(17-20)26(32)29-24-18-23(27)19-28-25(24)31-15-10-21(11-16-31)9-14-30-12-4-2-3-5-13-30/h6-8,17-19,21H,2-5,9-16H2,1H3,(H,29,32). The van der Waals surface area contributed by atoms with Crippen LogP contribution in [0.15, 0.2) is 36.5 Å². The number of piperidine rings is 1. The molecule has 2 fully saturated rings. The zero-order valence-corrected chi connectivity index (χ0v) is 19.9. The molecule has 0 aliphatic carbocycles. The molecular formula is C26H35ClN4O. The SMILES string of the molecule is Cc1cccc(C(=O)Nc2cc(Cl)cnc2N2CCC(CCN3CCCCCC3)CC2)c1. The molecule has 0 atom stereocenters. The zero-order valence-electron chi connectivity index (χ0n) is 19.2. The predicted molar refractivity (Wildman–Crippen MR) is 133 cm³/mol. The van der Waals surface area contributed by atoms with Crippen LogP contribution < -0.4 is 10.2 Å². The Balaban J connectivity index is 1.35. The van der Waals surface area contributed by atoms with Crippen molar-refractivity contribution in [2.45, 2.75) is 51.9 Å². The van der Waals surface area contributed by atoms with Crippen LogP contribution in [-0.4, -0.2) is 48.5 Å². The van der Waals surface area contributed by atoms with Gasteiger partial charge in [-0.2, -0.15) is 0 Å². The number of hydrogen-bond acceptors (Lipinski definition) is 4. The van der Waals surface area contributed by atoms with Crippen molar-refractivity contribution in [3.63, 3.8) is 0 Å². The van der Waals surface area contributed by atoms with E-state index >= 15 is 0 Å². The highest BCUT2D eigenvalue weighted by Gasteiger charge is 2.23. The number of nitrogens with zero attached hydrogens (tertiary/aromatic N) is 3. The van der Waals surface area contributed by atoms with Gasteiger partial charge in [0, 0.05) is 24.8 Å². The molecule has 6 heteroatoms. The highest BCUT2D eigenvalue weighted by atomic mass is 35.5. The molecule has 0 radical (unpaired) electrons. The molecule has 2 aliphatic heterocycles. The van der Waals surface area contributed by atoms with Crippen LogP contribution in [0.5, 0.6) is 0 Å². The third-order valence-corrected chi connectivity index (χ3v) is 7.03. The molecule has 0 bridgehead atoms. The lowest BCUT2D eigenvalue weighted by atomic mass is 9.93. The topological polar surface area (TPSA) is 48.5 Å². The van der Waals surface area contributed by atoms with E-state index in [2.05, 4.69) is 20.1 Å². The van der Waals surface area contributed by atoms with E-state index in [0.717, 1.165) is 30.4 Å². The summed E-state index contributed by atoms with van der Waals surface area (Å²) in [5.74, 6) is 1.46. The number of hydrogen-bond donors (Lipinski definition) is 1. The van der Waals surface area contributed by atoms with Gasteiger partial charge in [0.05, 0.1) is 10.7 Å². The minimum atomic E-state index is -0.133. The third-order valence-electron chi connectivity index (χ3n) is 6.83. The van der Waals surface area contributed by atoms with E-state index in [1.165, 1.54) is 64.6 Å². The number of rotatable bonds is 6. The minimum Gasteiger partial charge on any atom is -0.355 e. The molecule has 2 aliphatic rings. The van der Waals surface area contributed by atoms with Crippen molar-refractivity contribution < 1.29 is 4.79 Å². The van der Waals surface area contributed by atoms with E-state index < -0.39 is 0 Å². The molecule has 32 heavy (non-hydrogen) atoms. The summed E-state index contributed by atoms with van der Waals surface area (Å²) in [4.78, 5) is 22.4. The number of pyridine rings is 1. The number of carbonyl (C=O) groups is 1. The van der Waals surface area contributed by atoms with Gasteiger partial charge in [0.2, 0.25) is 0 Å². The maximum atomic E-state index is 12.8. The van der Waals surface area contributed by atoms with E-state index in [-0.39, 0.29) is 5.91 Å². The Bertz CT molecular complexity index is 902. The van der Waals surface area contributed by atoms with E-state index in [1.807, 2.05) is 37.3 Å². The maximum Gasteiger partial charge on any atom is 0.255 e. The number of nitrogens with one attached hydrogen (secondary N) is 1. The molecule has 5 nitrogen and oxygen atoms in total. The number of aromatic nitrogens is 1. The van der Waals surface area contributed by atoms with Crippen LogP contribution in [0.25, 0.3) is 0 Å². The number of anilines is 2. The zero-order chi connectivity index (χ0) is 22.3. The normalized spacial score (nSPS) is 18.4. The fourth-order valence-electron chi connectivity index (χ4n) is 4.92. The number of halogens is 1. The summed E-state index contributed by atoms with van der Waals surface area (Å²) in [5, 5.41) is 3.57. The van der Waals surface area contributed by atoms with Gasteiger partial charge in [0.15, 0.2) is 5.82 Å². The monoisotopic (exact) mass is 454 g/mol. The van der Waals surface area contributed by atoms with Crippen molar-refractivity contribution in [3.8, 4) is 0 Å². The Morgan fingerprint density at radius 1 is 1.09 bits per heavy atom. The Labute approximate surface area is 197 Å². The summed E-state index contributed by atoms with van der Waals surface area (Å²) in [5.41, 5.74) is 2.39. The van der Waals surface area contributed by atoms with Crippen LogP contribution in [-0.2, 0) is 0 Å². The van der Waals surface area contributed by atoms with Crippen LogP contribution in [0.2, 0.25) is 5.02 Å². The fourth-order valence-corrected chi connectivity index (χ4v) is 5.07. The van der Waals surface area contributed by atoms with Crippen molar-refractivity contribution in [3.05, 3.63) is 52.7 Å². The number of aryl methyl sites for hydroxylation is 1. The van der Waals surface area contributed by atoms with Gasteiger partial charge in [-0.1, -0.05) is 42.1 Å². The van der Waals surface area contributed by atoms with E-state index in [0.29, 0.717) is 16.3 Å². The van der Waals surface area contributed by atoms with E-state index in [9.17, 15) is 4.79 Å². The lowest BCUT2D eigenvalue weighted by Gasteiger charge is -2.34. The molecule has 2 aromatic rings. The molecule has 0 unspecified atom stereocenters. The largest absolute Gasteiger partial charge is 0.355 e. The number of benzene rings is 1. The van der Waals surface area contributed by atoms with Gasteiger partial charge in [-0.05, 0) is 82.8 Å². The number of carbonyl (C=O) groups excluding carboxylic acids is 1. The Morgan fingerprint density at radius 3 is 2.56 bits per heavy atom. The van der Waals surface area contributed by atoms with Crippen LogP contribution in [0.1, 0.15) is 60.9 Å². The van der Waals surface area contributed by atoms with Crippen LogP contribution in [0.3, 0.4) is 0 Å². The second-order valence-corrected chi connectivity index (χ2v) is 9.76. The molecule has 172 valence electrons. The first kappa shape index (κ1) is 23.1. The van der Waals surface area contributed by atoms with Gasteiger partial charge in [-0.15, -0.1) is 0 Å².